The fraction of sp³-hybridized carbons (Fsp3) is 0.278. The molecule has 7 heteroatoms. The van der Waals surface area contributed by atoms with Gasteiger partial charge in [-0.3, -0.25) is 4.79 Å². The number of nitrogens with one attached hydrogen (secondary N) is 1. The first-order valence-corrected chi connectivity index (χ1v) is 8.49. The average Bonchev–Trinajstić information content (AvgIpc) is 2.53. The largest absolute Gasteiger partial charge is 0.508 e. The molecule has 25 heavy (non-hydrogen) atoms. The second-order valence-corrected chi connectivity index (χ2v) is 7.02. The minimum atomic E-state index is -4.54. The Balaban J connectivity index is 2.20. The van der Waals surface area contributed by atoms with Crippen molar-refractivity contribution in [3.63, 3.8) is 0 Å². The number of carbonyl (C=O) groups excluding carboxylic acids is 1. The van der Waals surface area contributed by atoms with Gasteiger partial charge in [0.15, 0.2) is 0 Å². The number of para-hydroxylation sites is 1. The summed E-state index contributed by atoms with van der Waals surface area (Å²) in [5.74, 6) is -0.490. The number of hydrogen-bond donors (Lipinski definition) is 2. The van der Waals surface area contributed by atoms with E-state index in [0.717, 1.165) is 11.0 Å². The van der Waals surface area contributed by atoms with E-state index >= 15 is 0 Å². The predicted octanol–water partition coefficient (Wildman–Crippen LogP) is 5.17. The summed E-state index contributed by atoms with van der Waals surface area (Å²) < 4.78 is 39.2. The van der Waals surface area contributed by atoms with Gasteiger partial charge >= 0.3 is 6.18 Å². The summed E-state index contributed by atoms with van der Waals surface area (Å²) in [4.78, 5) is 13.3. The molecule has 134 valence electrons. The molecule has 0 radical (unpaired) electrons. The zero-order chi connectivity index (χ0) is 18.6. The quantitative estimate of drug-likeness (QED) is 0.715. The second-order valence-electron chi connectivity index (χ2n) is 5.81. The molecule has 2 aromatic rings. The first-order chi connectivity index (χ1) is 11.7. The lowest BCUT2D eigenvalue weighted by Gasteiger charge is -2.21. The third-order valence-electron chi connectivity index (χ3n) is 3.45. The van der Waals surface area contributed by atoms with E-state index in [4.69, 9.17) is 0 Å². The molecule has 2 rings (SSSR count). The minimum absolute atomic E-state index is 0.100. The molecule has 1 atom stereocenters. The van der Waals surface area contributed by atoms with Crippen LogP contribution in [0.2, 0.25) is 0 Å². The number of phenols is 1. The van der Waals surface area contributed by atoms with Crippen LogP contribution < -0.4 is 5.32 Å². The van der Waals surface area contributed by atoms with Gasteiger partial charge in [-0.25, -0.2) is 0 Å². The first-order valence-electron chi connectivity index (χ1n) is 7.61. The van der Waals surface area contributed by atoms with Crippen LogP contribution in [0, 0.1) is 5.92 Å². The van der Waals surface area contributed by atoms with Crippen molar-refractivity contribution < 1.29 is 23.1 Å². The minimum Gasteiger partial charge on any atom is -0.508 e. The number of alkyl halides is 3. The summed E-state index contributed by atoms with van der Waals surface area (Å²) in [7, 11) is 0. The van der Waals surface area contributed by atoms with Gasteiger partial charge in [0.2, 0.25) is 5.91 Å². The van der Waals surface area contributed by atoms with Crippen molar-refractivity contribution >= 4 is 23.4 Å². The Morgan fingerprint density at radius 1 is 1.08 bits per heavy atom. The highest BCUT2D eigenvalue weighted by molar-refractivity contribution is 8.00. The Labute approximate surface area is 148 Å². The second kappa shape index (κ2) is 7.82. The summed E-state index contributed by atoms with van der Waals surface area (Å²) >= 11 is 1.24. The van der Waals surface area contributed by atoms with Crippen molar-refractivity contribution in [2.75, 3.05) is 5.32 Å². The zero-order valence-electron chi connectivity index (χ0n) is 13.7. The number of thioether (sulfide) groups is 1. The molecule has 0 aliphatic carbocycles. The van der Waals surface area contributed by atoms with E-state index in [1.807, 2.05) is 13.8 Å². The van der Waals surface area contributed by atoms with Crippen molar-refractivity contribution in [2.24, 2.45) is 5.92 Å². The standard InChI is InChI=1S/C18H18F3NO2S/c1-11(2)16(25-13-9-7-12(23)8-10-13)17(24)22-15-6-4-3-5-14(15)18(19,20)21/h3-11,16,23H,1-2H3,(H,22,24). The molecule has 0 saturated carbocycles. The van der Waals surface area contributed by atoms with Crippen molar-refractivity contribution in [1.29, 1.82) is 0 Å². The summed E-state index contributed by atoms with van der Waals surface area (Å²) in [6, 6.07) is 11.2. The molecule has 0 heterocycles. The number of halogens is 3. The van der Waals surface area contributed by atoms with Crippen LogP contribution in [0.3, 0.4) is 0 Å². The Bertz CT molecular complexity index is 730. The van der Waals surface area contributed by atoms with Crippen LogP contribution in [0.4, 0.5) is 18.9 Å². The third kappa shape index (κ3) is 5.16. The van der Waals surface area contributed by atoms with E-state index in [2.05, 4.69) is 5.32 Å². The molecule has 0 saturated heterocycles. The Morgan fingerprint density at radius 3 is 2.24 bits per heavy atom. The number of aromatic hydroxyl groups is 1. The van der Waals surface area contributed by atoms with Gasteiger partial charge in [0.1, 0.15) is 5.75 Å². The molecule has 3 nitrogen and oxygen atoms in total. The molecule has 0 aliphatic heterocycles. The highest BCUT2D eigenvalue weighted by Gasteiger charge is 2.34. The Morgan fingerprint density at radius 2 is 1.68 bits per heavy atom. The monoisotopic (exact) mass is 369 g/mol. The molecule has 1 amide bonds. The number of hydrogen-bond acceptors (Lipinski definition) is 3. The van der Waals surface area contributed by atoms with Crippen LogP contribution in [0.1, 0.15) is 19.4 Å². The number of carbonyl (C=O) groups is 1. The predicted molar refractivity (Wildman–Crippen MR) is 92.7 cm³/mol. The Kier molecular flexibility index (Phi) is 6.00. The lowest BCUT2D eigenvalue weighted by atomic mass is 10.1. The maximum absolute atomic E-state index is 13.1. The highest BCUT2D eigenvalue weighted by atomic mass is 32.2. The van der Waals surface area contributed by atoms with Crippen LogP contribution in [0.5, 0.6) is 5.75 Å². The normalized spacial score (nSPS) is 12.9. The summed E-state index contributed by atoms with van der Waals surface area (Å²) in [6.07, 6.45) is -4.54. The molecular weight excluding hydrogens is 351 g/mol. The smallest absolute Gasteiger partial charge is 0.418 e. The fourth-order valence-electron chi connectivity index (χ4n) is 2.21. The van der Waals surface area contributed by atoms with E-state index in [1.54, 1.807) is 12.1 Å². The topological polar surface area (TPSA) is 49.3 Å². The van der Waals surface area contributed by atoms with Gasteiger partial charge in [0, 0.05) is 4.90 Å². The van der Waals surface area contributed by atoms with Gasteiger partial charge in [0.05, 0.1) is 16.5 Å². The van der Waals surface area contributed by atoms with Gasteiger partial charge in [0.25, 0.3) is 0 Å². The molecular formula is C18H18F3NO2S. The van der Waals surface area contributed by atoms with E-state index in [0.29, 0.717) is 0 Å². The van der Waals surface area contributed by atoms with Crippen LogP contribution in [0.25, 0.3) is 0 Å². The van der Waals surface area contributed by atoms with Crippen molar-refractivity contribution in [2.45, 2.75) is 30.2 Å². The van der Waals surface area contributed by atoms with Crippen LogP contribution in [-0.2, 0) is 11.0 Å². The number of rotatable bonds is 5. The lowest BCUT2D eigenvalue weighted by Crippen LogP contribution is -2.30. The number of phenolic OH excluding ortho intramolecular Hbond substituents is 1. The fourth-order valence-corrected chi connectivity index (χ4v) is 3.23. The molecule has 0 spiro atoms. The average molecular weight is 369 g/mol. The molecule has 2 aromatic carbocycles. The maximum atomic E-state index is 13.1. The number of benzene rings is 2. The Hall–Kier alpha value is -2.15. The molecule has 0 fully saturated rings. The molecule has 0 aliphatic rings. The van der Waals surface area contributed by atoms with E-state index in [9.17, 15) is 23.1 Å². The first kappa shape index (κ1) is 19.2. The van der Waals surface area contributed by atoms with Crippen molar-refractivity contribution in [1.82, 2.24) is 0 Å². The van der Waals surface area contributed by atoms with Crippen molar-refractivity contribution in [3.8, 4) is 5.75 Å². The van der Waals surface area contributed by atoms with E-state index < -0.39 is 22.9 Å². The van der Waals surface area contributed by atoms with Crippen molar-refractivity contribution in [3.05, 3.63) is 54.1 Å². The highest BCUT2D eigenvalue weighted by Crippen LogP contribution is 2.36. The van der Waals surface area contributed by atoms with E-state index in [1.165, 1.54) is 42.1 Å². The SMILES string of the molecule is CC(C)C(Sc1ccc(O)cc1)C(=O)Nc1ccccc1C(F)(F)F. The summed E-state index contributed by atoms with van der Waals surface area (Å²) in [5, 5.41) is 11.1. The molecule has 2 N–H and O–H groups in total. The van der Waals surface area contributed by atoms with Gasteiger partial charge < -0.3 is 10.4 Å². The van der Waals surface area contributed by atoms with Gasteiger partial charge in [-0.15, -0.1) is 11.8 Å². The van der Waals surface area contributed by atoms with E-state index in [-0.39, 0.29) is 17.4 Å². The molecule has 0 aromatic heterocycles. The molecule has 0 bridgehead atoms. The van der Waals surface area contributed by atoms with Crippen LogP contribution in [-0.4, -0.2) is 16.3 Å². The number of anilines is 1. The summed E-state index contributed by atoms with van der Waals surface area (Å²) in [5.41, 5.74) is -1.13. The lowest BCUT2D eigenvalue weighted by molar-refractivity contribution is -0.137. The zero-order valence-corrected chi connectivity index (χ0v) is 14.5. The maximum Gasteiger partial charge on any atom is 0.418 e. The van der Waals surface area contributed by atoms with Gasteiger partial charge in [-0.1, -0.05) is 26.0 Å². The number of amides is 1. The van der Waals surface area contributed by atoms with Crippen LogP contribution in [0.15, 0.2) is 53.4 Å². The summed E-state index contributed by atoms with van der Waals surface area (Å²) in [6.45, 7) is 3.65. The van der Waals surface area contributed by atoms with Gasteiger partial charge in [-0.2, -0.15) is 13.2 Å². The van der Waals surface area contributed by atoms with Gasteiger partial charge in [-0.05, 0) is 42.3 Å². The third-order valence-corrected chi connectivity index (χ3v) is 5.01. The molecule has 1 unspecified atom stereocenters. The van der Waals surface area contributed by atoms with Crippen LogP contribution >= 0.6 is 11.8 Å².